The molecule has 6 rings (SSSR count). The summed E-state index contributed by atoms with van der Waals surface area (Å²) in [4.78, 5) is 34.0. The number of aryl methyl sites for hydroxylation is 1. The van der Waals surface area contributed by atoms with Gasteiger partial charge in [-0.2, -0.15) is 0 Å². The molecule has 1 N–H and O–H groups in total. The fourth-order valence-electron chi connectivity index (χ4n) is 5.08. The van der Waals surface area contributed by atoms with Gasteiger partial charge >= 0.3 is 0 Å². The van der Waals surface area contributed by atoms with Crippen LogP contribution in [0.2, 0.25) is 5.02 Å². The molecule has 3 heterocycles. The fourth-order valence-corrected chi connectivity index (χ4v) is 6.18. The number of amides is 2. The number of nitrogens with zero attached hydrogens (tertiary/aromatic N) is 2. The van der Waals surface area contributed by atoms with Gasteiger partial charge in [0, 0.05) is 23.5 Å². The van der Waals surface area contributed by atoms with Gasteiger partial charge in [0.05, 0.1) is 27.8 Å². The number of fused-ring (bicyclic) bond motifs is 2. The number of halogens is 1. The van der Waals surface area contributed by atoms with Crippen molar-refractivity contribution in [2.45, 2.75) is 19.4 Å². The van der Waals surface area contributed by atoms with Gasteiger partial charge in [0.1, 0.15) is 11.3 Å². The number of benzene rings is 2. The molecule has 2 amide bonds. The molecule has 2 aromatic heterocycles. The summed E-state index contributed by atoms with van der Waals surface area (Å²) in [5, 5.41) is 5.31. The quantitative estimate of drug-likeness (QED) is 0.405. The maximum absolute atomic E-state index is 13.7. The Morgan fingerprint density at radius 1 is 1.24 bits per heavy atom. The van der Waals surface area contributed by atoms with Crippen molar-refractivity contribution in [2.75, 3.05) is 13.1 Å². The number of carbonyl (C=O) groups is 2. The number of rotatable bonds is 5. The van der Waals surface area contributed by atoms with Gasteiger partial charge in [-0.25, -0.2) is 4.98 Å². The fraction of sp³-hybridized carbons (Fsp3) is 0.269. The lowest BCUT2D eigenvalue weighted by molar-refractivity contribution is 0.0690. The zero-order valence-electron chi connectivity index (χ0n) is 18.5. The monoisotopic (exact) mass is 491 g/mol. The molecule has 6 nitrogen and oxygen atoms in total. The minimum absolute atomic E-state index is 0.0424. The summed E-state index contributed by atoms with van der Waals surface area (Å²) in [5.74, 6) is 0.677. The molecule has 1 saturated heterocycles. The maximum Gasteiger partial charge on any atom is 0.274 e. The molecule has 1 saturated carbocycles. The lowest BCUT2D eigenvalue weighted by atomic mass is 10.1. The first-order valence-corrected chi connectivity index (χ1v) is 12.5. The predicted octanol–water partition coefficient (Wildman–Crippen LogP) is 5.41. The van der Waals surface area contributed by atoms with E-state index in [0.29, 0.717) is 46.8 Å². The third-order valence-corrected chi connectivity index (χ3v) is 8.05. The second-order valence-electron chi connectivity index (χ2n) is 8.95. The number of carbonyl (C=O) groups excluding carboxylic acids is 2. The molecule has 0 bridgehead atoms. The molecule has 0 unspecified atom stereocenters. The minimum atomic E-state index is -0.160. The molecule has 8 heteroatoms. The summed E-state index contributed by atoms with van der Waals surface area (Å²) in [6, 6.07) is 14.7. The van der Waals surface area contributed by atoms with Gasteiger partial charge in [-0.3, -0.25) is 9.59 Å². The van der Waals surface area contributed by atoms with Crippen molar-refractivity contribution in [3.05, 3.63) is 76.1 Å². The van der Waals surface area contributed by atoms with E-state index in [1.165, 1.54) is 11.3 Å². The van der Waals surface area contributed by atoms with Crippen LogP contribution in [-0.4, -0.2) is 40.8 Å². The first kappa shape index (κ1) is 21.4. The van der Waals surface area contributed by atoms with Crippen molar-refractivity contribution in [3.8, 4) is 10.4 Å². The maximum atomic E-state index is 13.7. The number of nitrogens with one attached hydrogen (secondary N) is 1. The van der Waals surface area contributed by atoms with E-state index < -0.39 is 0 Å². The molecule has 2 aromatic carbocycles. The van der Waals surface area contributed by atoms with Crippen LogP contribution < -0.4 is 5.32 Å². The topological polar surface area (TPSA) is 75.4 Å². The Balaban J connectivity index is 1.23. The van der Waals surface area contributed by atoms with Crippen LogP contribution in [0.1, 0.15) is 32.3 Å². The smallest absolute Gasteiger partial charge is 0.274 e. The molecule has 1 aliphatic carbocycles. The summed E-state index contributed by atoms with van der Waals surface area (Å²) >= 11 is 7.70. The van der Waals surface area contributed by atoms with Crippen molar-refractivity contribution < 1.29 is 14.0 Å². The Labute approximate surface area is 205 Å². The summed E-state index contributed by atoms with van der Waals surface area (Å²) in [5.41, 5.74) is 2.61. The highest BCUT2D eigenvalue weighted by atomic mass is 35.5. The van der Waals surface area contributed by atoms with Crippen molar-refractivity contribution in [3.63, 3.8) is 0 Å². The van der Waals surface area contributed by atoms with Crippen LogP contribution in [0.4, 0.5) is 0 Å². The Bertz CT molecular complexity index is 1430. The second kappa shape index (κ2) is 8.25. The number of aromatic nitrogens is 1. The van der Waals surface area contributed by atoms with Crippen molar-refractivity contribution in [1.82, 2.24) is 15.2 Å². The number of likely N-dealkylation sites (tertiary alicyclic amines) is 1. The van der Waals surface area contributed by atoms with Gasteiger partial charge in [-0.1, -0.05) is 29.8 Å². The van der Waals surface area contributed by atoms with E-state index in [4.69, 9.17) is 16.0 Å². The van der Waals surface area contributed by atoms with E-state index in [2.05, 4.69) is 10.3 Å². The van der Waals surface area contributed by atoms with Crippen LogP contribution in [0.3, 0.4) is 0 Å². The number of furan rings is 1. The molecular formula is C26H22ClN3O3S. The number of hydrogen-bond donors (Lipinski definition) is 1. The summed E-state index contributed by atoms with van der Waals surface area (Å²) in [6.07, 6.45) is 2.68. The van der Waals surface area contributed by atoms with Crippen LogP contribution in [0.15, 0.2) is 59.2 Å². The first-order chi connectivity index (χ1) is 16.5. The molecule has 3 atom stereocenters. The highest BCUT2D eigenvalue weighted by Gasteiger charge is 2.54. The zero-order valence-corrected chi connectivity index (χ0v) is 20.0. The number of hydrogen-bond acceptors (Lipinski definition) is 5. The third kappa shape index (κ3) is 3.69. The van der Waals surface area contributed by atoms with E-state index >= 15 is 0 Å². The Morgan fingerprint density at radius 2 is 2.09 bits per heavy atom. The molecule has 0 radical (unpaired) electrons. The van der Waals surface area contributed by atoms with E-state index in [0.717, 1.165) is 27.3 Å². The molecule has 2 aliphatic rings. The second-order valence-corrected chi connectivity index (χ2v) is 10.6. The van der Waals surface area contributed by atoms with Gasteiger partial charge in [0.15, 0.2) is 0 Å². The van der Waals surface area contributed by atoms with Crippen LogP contribution in [0.25, 0.3) is 21.4 Å². The van der Waals surface area contributed by atoms with Crippen LogP contribution in [0, 0.1) is 18.8 Å². The Hall–Kier alpha value is -3.16. The van der Waals surface area contributed by atoms with E-state index in [1.807, 2.05) is 48.2 Å². The minimum Gasteiger partial charge on any atom is -0.464 e. The largest absolute Gasteiger partial charge is 0.464 e. The van der Waals surface area contributed by atoms with E-state index in [-0.39, 0.29) is 17.9 Å². The van der Waals surface area contributed by atoms with Crippen LogP contribution in [-0.2, 0) is 0 Å². The summed E-state index contributed by atoms with van der Waals surface area (Å²) in [7, 11) is 0. The SMILES string of the molecule is Cc1nc(C(=O)N2C[C@H]3C[C@H]3[C@H]2CNC(=O)c2cccc3occc23)c(-c2cccc(Cl)c2)s1. The first-order valence-electron chi connectivity index (χ1n) is 11.3. The van der Waals surface area contributed by atoms with Crippen molar-refractivity contribution >= 4 is 45.7 Å². The summed E-state index contributed by atoms with van der Waals surface area (Å²) in [6.45, 7) is 3.02. The molecule has 34 heavy (non-hydrogen) atoms. The van der Waals surface area contributed by atoms with Gasteiger partial charge < -0.3 is 14.6 Å². The molecule has 4 aromatic rings. The average Bonchev–Trinajstić information content (AvgIpc) is 3.16. The van der Waals surface area contributed by atoms with Crippen molar-refractivity contribution in [1.29, 1.82) is 0 Å². The molecule has 1 aliphatic heterocycles. The van der Waals surface area contributed by atoms with Crippen LogP contribution in [0.5, 0.6) is 0 Å². The number of piperidine rings is 1. The predicted molar refractivity (Wildman–Crippen MR) is 132 cm³/mol. The molecule has 2 fully saturated rings. The van der Waals surface area contributed by atoms with Crippen molar-refractivity contribution in [2.24, 2.45) is 11.8 Å². The lowest BCUT2D eigenvalue weighted by Gasteiger charge is -2.27. The zero-order chi connectivity index (χ0) is 23.4. The van der Waals surface area contributed by atoms with Gasteiger partial charge in [-0.05, 0) is 61.1 Å². The normalized spacial score (nSPS) is 21.0. The number of thiazole rings is 1. The molecule has 172 valence electrons. The standard InChI is InChI=1S/C26H22ClN3O3S/c1-14-29-23(24(34-14)15-4-2-5-17(27)10-15)26(32)30-13-16-11-20(16)21(30)12-28-25(31)19-6-3-7-22-18(19)8-9-33-22/h2-10,16,20-21H,11-13H2,1H3,(H,28,31)/t16-,20-,21-/m1/s1. The lowest BCUT2D eigenvalue weighted by Crippen LogP contribution is -2.45. The molecular weight excluding hydrogens is 470 g/mol. The van der Waals surface area contributed by atoms with Gasteiger partial charge in [-0.15, -0.1) is 11.3 Å². The highest BCUT2D eigenvalue weighted by molar-refractivity contribution is 7.15. The summed E-state index contributed by atoms with van der Waals surface area (Å²) < 4.78 is 5.42. The highest BCUT2D eigenvalue weighted by Crippen LogP contribution is 2.50. The van der Waals surface area contributed by atoms with Gasteiger partial charge in [0.25, 0.3) is 11.8 Å². The van der Waals surface area contributed by atoms with Crippen LogP contribution >= 0.6 is 22.9 Å². The van der Waals surface area contributed by atoms with E-state index in [1.54, 1.807) is 18.4 Å². The van der Waals surface area contributed by atoms with Gasteiger partial charge in [0.2, 0.25) is 0 Å². The third-order valence-electron chi connectivity index (χ3n) is 6.80. The average molecular weight is 492 g/mol. The van der Waals surface area contributed by atoms with E-state index in [9.17, 15) is 9.59 Å². The molecule has 0 spiro atoms. The Kier molecular flexibility index (Phi) is 5.19. The Morgan fingerprint density at radius 3 is 2.94 bits per heavy atom.